The molecule has 0 saturated carbocycles. The van der Waals surface area contributed by atoms with Crippen LogP contribution in [0.15, 0.2) is 18.2 Å². The van der Waals surface area contributed by atoms with Gasteiger partial charge in [-0.05, 0) is 38.4 Å². The van der Waals surface area contributed by atoms with Gasteiger partial charge in [-0.25, -0.2) is 0 Å². The number of non-ortho nitro benzene ring substituents is 1. The Morgan fingerprint density at radius 2 is 2.29 bits per heavy atom. The highest BCUT2D eigenvalue weighted by Gasteiger charge is 2.23. The number of nitro benzene ring substituents is 1. The third-order valence-corrected chi connectivity index (χ3v) is 4.10. The summed E-state index contributed by atoms with van der Waals surface area (Å²) in [6.07, 6.45) is 4.51. The summed E-state index contributed by atoms with van der Waals surface area (Å²) in [4.78, 5) is 13.0. The van der Waals surface area contributed by atoms with E-state index in [1.807, 2.05) is 0 Å². The second-order valence-electron chi connectivity index (χ2n) is 5.45. The van der Waals surface area contributed by atoms with Crippen molar-refractivity contribution >= 4 is 5.69 Å². The summed E-state index contributed by atoms with van der Waals surface area (Å²) in [5.74, 6) is 0.706. The van der Waals surface area contributed by atoms with E-state index in [1.165, 1.54) is 12.5 Å². The van der Waals surface area contributed by atoms with E-state index in [0.29, 0.717) is 24.9 Å². The molecule has 0 aromatic heterocycles. The van der Waals surface area contributed by atoms with Gasteiger partial charge in [0.25, 0.3) is 5.69 Å². The quantitative estimate of drug-likeness (QED) is 0.643. The molecule has 1 unspecified atom stereocenters. The lowest BCUT2D eigenvalue weighted by molar-refractivity contribution is -0.385. The number of piperidine rings is 1. The molecule has 21 heavy (non-hydrogen) atoms. The van der Waals surface area contributed by atoms with Gasteiger partial charge in [-0.15, -0.1) is 0 Å². The van der Waals surface area contributed by atoms with Crippen LogP contribution in [-0.2, 0) is 6.54 Å². The smallest absolute Gasteiger partial charge is 0.270 e. The average molecular weight is 293 g/mol. The van der Waals surface area contributed by atoms with Crippen molar-refractivity contribution in [2.24, 2.45) is 5.73 Å². The molecular formula is C15H23N3O3. The van der Waals surface area contributed by atoms with Crippen molar-refractivity contribution < 1.29 is 9.66 Å². The number of nitro groups is 1. The van der Waals surface area contributed by atoms with Crippen molar-refractivity contribution in [2.45, 2.75) is 38.3 Å². The minimum Gasteiger partial charge on any atom is -0.496 e. The van der Waals surface area contributed by atoms with Gasteiger partial charge in [0.2, 0.25) is 0 Å². The molecule has 6 heteroatoms. The second kappa shape index (κ2) is 7.38. The summed E-state index contributed by atoms with van der Waals surface area (Å²) >= 11 is 0. The maximum Gasteiger partial charge on any atom is 0.270 e. The van der Waals surface area contributed by atoms with Gasteiger partial charge in [0.05, 0.1) is 12.0 Å². The number of benzene rings is 1. The number of methoxy groups -OCH3 is 1. The predicted molar refractivity (Wildman–Crippen MR) is 81.4 cm³/mol. The van der Waals surface area contributed by atoms with Crippen molar-refractivity contribution in [3.63, 3.8) is 0 Å². The van der Waals surface area contributed by atoms with Gasteiger partial charge in [0, 0.05) is 30.3 Å². The largest absolute Gasteiger partial charge is 0.496 e. The molecule has 6 nitrogen and oxygen atoms in total. The van der Waals surface area contributed by atoms with E-state index in [1.54, 1.807) is 19.2 Å². The summed E-state index contributed by atoms with van der Waals surface area (Å²) < 4.78 is 5.34. The van der Waals surface area contributed by atoms with Crippen molar-refractivity contribution in [3.8, 4) is 5.75 Å². The average Bonchev–Trinajstić information content (AvgIpc) is 2.49. The predicted octanol–water partition coefficient (Wildman–Crippen LogP) is 2.31. The lowest BCUT2D eigenvalue weighted by atomic mass is 9.98. The normalized spacial score (nSPS) is 19.4. The highest BCUT2D eigenvalue weighted by molar-refractivity contribution is 5.43. The summed E-state index contributed by atoms with van der Waals surface area (Å²) in [6, 6.07) is 5.24. The molecule has 1 aliphatic heterocycles. The van der Waals surface area contributed by atoms with Crippen molar-refractivity contribution in [2.75, 3.05) is 20.2 Å². The van der Waals surface area contributed by atoms with Gasteiger partial charge in [0.1, 0.15) is 5.75 Å². The zero-order chi connectivity index (χ0) is 15.2. The molecule has 1 heterocycles. The number of nitrogens with zero attached hydrogens (tertiary/aromatic N) is 2. The van der Waals surface area contributed by atoms with E-state index in [0.717, 1.165) is 31.4 Å². The molecule has 0 aliphatic carbocycles. The SMILES string of the molecule is COc1ccc([N+](=O)[O-])cc1CN1CCCCC1CCN. The summed E-state index contributed by atoms with van der Waals surface area (Å²) in [5.41, 5.74) is 6.67. The van der Waals surface area contributed by atoms with E-state index in [-0.39, 0.29) is 10.6 Å². The molecule has 1 atom stereocenters. The van der Waals surface area contributed by atoms with E-state index in [9.17, 15) is 10.1 Å². The number of likely N-dealkylation sites (tertiary alicyclic amines) is 1. The van der Waals surface area contributed by atoms with Crippen LogP contribution in [0.4, 0.5) is 5.69 Å². The van der Waals surface area contributed by atoms with Gasteiger partial charge < -0.3 is 10.5 Å². The van der Waals surface area contributed by atoms with Gasteiger partial charge in [-0.1, -0.05) is 6.42 Å². The van der Waals surface area contributed by atoms with Crippen LogP contribution in [0, 0.1) is 10.1 Å². The van der Waals surface area contributed by atoms with Crippen LogP contribution < -0.4 is 10.5 Å². The van der Waals surface area contributed by atoms with E-state index in [2.05, 4.69) is 4.90 Å². The molecule has 0 amide bonds. The Labute approximate surface area is 125 Å². The van der Waals surface area contributed by atoms with Crippen LogP contribution in [0.1, 0.15) is 31.2 Å². The van der Waals surface area contributed by atoms with Gasteiger partial charge >= 0.3 is 0 Å². The highest BCUT2D eigenvalue weighted by Crippen LogP contribution is 2.28. The molecular weight excluding hydrogens is 270 g/mol. The molecule has 1 aromatic rings. The topological polar surface area (TPSA) is 81.6 Å². The van der Waals surface area contributed by atoms with Crippen LogP contribution in [0.2, 0.25) is 0 Å². The number of hydrogen-bond acceptors (Lipinski definition) is 5. The Hall–Kier alpha value is -1.66. The minimum absolute atomic E-state index is 0.109. The van der Waals surface area contributed by atoms with Crippen LogP contribution in [0.5, 0.6) is 5.75 Å². The number of nitrogens with two attached hydrogens (primary N) is 1. The van der Waals surface area contributed by atoms with E-state index < -0.39 is 0 Å². The van der Waals surface area contributed by atoms with Gasteiger partial charge in [-0.3, -0.25) is 15.0 Å². The van der Waals surface area contributed by atoms with Gasteiger partial charge in [-0.2, -0.15) is 0 Å². The lowest BCUT2D eigenvalue weighted by Crippen LogP contribution is -2.40. The van der Waals surface area contributed by atoms with Crippen molar-refractivity contribution in [1.82, 2.24) is 4.90 Å². The molecule has 1 saturated heterocycles. The molecule has 0 radical (unpaired) electrons. The van der Waals surface area contributed by atoms with Crippen LogP contribution in [0.3, 0.4) is 0 Å². The summed E-state index contributed by atoms with van der Waals surface area (Å²) in [6.45, 7) is 2.36. The first-order valence-electron chi connectivity index (χ1n) is 7.41. The Kier molecular flexibility index (Phi) is 5.52. The third kappa shape index (κ3) is 3.92. The number of rotatable bonds is 6. The van der Waals surface area contributed by atoms with E-state index >= 15 is 0 Å². The van der Waals surface area contributed by atoms with E-state index in [4.69, 9.17) is 10.5 Å². The fraction of sp³-hybridized carbons (Fsp3) is 0.600. The first kappa shape index (κ1) is 15.7. The minimum atomic E-state index is -0.365. The number of hydrogen-bond donors (Lipinski definition) is 1. The molecule has 2 N–H and O–H groups in total. The zero-order valence-corrected chi connectivity index (χ0v) is 12.5. The standard InChI is InChI=1S/C15H23N3O3/c1-21-15-6-5-14(18(19)20)10-12(15)11-17-9-3-2-4-13(17)7-8-16/h5-6,10,13H,2-4,7-9,11,16H2,1H3. The molecule has 1 fully saturated rings. The molecule has 116 valence electrons. The summed E-state index contributed by atoms with van der Waals surface area (Å²) in [5, 5.41) is 10.9. The van der Waals surface area contributed by atoms with Crippen LogP contribution in [0.25, 0.3) is 0 Å². The molecule has 2 rings (SSSR count). The van der Waals surface area contributed by atoms with Crippen LogP contribution in [-0.4, -0.2) is 36.1 Å². The van der Waals surface area contributed by atoms with Crippen LogP contribution >= 0.6 is 0 Å². The maximum atomic E-state index is 10.9. The Morgan fingerprint density at radius 3 is 2.95 bits per heavy atom. The highest BCUT2D eigenvalue weighted by atomic mass is 16.6. The number of ether oxygens (including phenoxy) is 1. The fourth-order valence-corrected chi connectivity index (χ4v) is 3.01. The zero-order valence-electron chi connectivity index (χ0n) is 12.5. The third-order valence-electron chi connectivity index (χ3n) is 4.10. The molecule has 1 aliphatic rings. The van der Waals surface area contributed by atoms with Gasteiger partial charge in [0.15, 0.2) is 0 Å². The first-order chi connectivity index (χ1) is 10.2. The Bertz CT molecular complexity index is 491. The first-order valence-corrected chi connectivity index (χ1v) is 7.41. The monoisotopic (exact) mass is 293 g/mol. The second-order valence-corrected chi connectivity index (χ2v) is 5.45. The Morgan fingerprint density at radius 1 is 1.48 bits per heavy atom. The fourth-order valence-electron chi connectivity index (χ4n) is 3.01. The Balaban J connectivity index is 2.19. The molecule has 0 bridgehead atoms. The maximum absolute atomic E-state index is 10.9. The molecule has 0 spiro atoms. The molecule has 1 aromatic carbocycles. The summed E-state index contributed by atoms with van der Waals surface area (Å²) in [7, 11) is 1.60. The van der Waals surface area contributed by atoms with Crippen molar-refractivity contribution in [3.05, 3.63) is 33.9 Å². The lowest BCUT2D eigenvalue weighted by Gasteiger charge is -2.35. The van der Waals surface area contributed by atoms with Crippen molar-refractivity contribution in [1.29, 1.82) is 0 Å².